The van der Waals surface area contributed by atoms with Gasteiger partial charge in [0.15, 0.2) is 0 Å². The molecule has 0 radical (unpaired) electrons. The van der Waals surface area contributed by atoms with E-state index in [4.69, 9.17) is 16.9 Å². The third kappa shape index (κ3) is 5.76. The number of amides is 1. The average Bonchev–Trinajstić information content (AvgIpc) is 2.62. The second kappa shape index (κ2) is 9.10. The zero-order valence-electron chi connectivity index (χ0n) is 14.0. The first-order chi connectivity index (χ1) is 12.8. The summed E-state index contributed by atoms with van der Waals surface area (Å²) in [5.74, 6) is -0.931. The van der Waals surface area contributed by atoms with E-state index in [0.717, 1.165) is 17.7 Å². The zero-order valence-corrected chi connectivity index (χ0v) is 14.7. The molecule has 8 heteroatoms. The Morgan fingerprint density at radius 2 is 1.81 bits per heavy atom. The molecule has 140 valence electrons. The Kier molecular flexibility index (Phi) is 6.85. The number of carbonyl (C=O) groups excluding carboxylic acids is 1. The van der Waals surface area contributed by atoms with Gasteiger partial charge in [-0.3, -0.25) is 4.79 Å². The number of rotatable bonds is 6. The molecular formula is C19H15ClF3N3O. The van der Waals surface area contributed by atoms with Crippen molar-refractivity contribution in [3.63, 3.8) is 0 Å². The lowest BCUT2D eigenvalue weighted by molar-refractivity contribution is -0.137. The Labute approximate surface area is 159 Å². The summed E-state index contributed by atoms with van der Waals surface area (Å²) in [6.07, 6.45) is -2.90. The lowest BCUT2D eigenvalue weighted by Crippen LogP contribution is -2.20. The predicted molar refractivity (Wildman–Crippen MR) is 96.9 cm³/mol. The number of anilines is 1. The number of para-hydroxylation sites is 1. The second-order valence-corrected chi connectivity index (χ2v) is 5.87. The molecule has 2 N–H and O–H groups in total. The third-order valence-electron chi connectivity index (χ3n) is 3.59. The van der Waals surface area contributed by atoms with E-state index in [9.17, 15) is 18.0 Å². The van der Waals surface area contributed by atoms with Crippen molar-refractivity contribution in [1.82, 2.24) is 5.32 Å². The van der Waals surface area contributed by atoms with Gasteiger partial charge in [-0.1, -0.05) is 41.9 Å². The monoisotopic (exact) mass is 393 g/mol. The molecule has 1 amide bonds. The van der Waals surface area contributed by atoms with Crippen molar-refractivity contribution in [2.45, 2.75) is 12.6 Å². The smallest absolute Gasteiger partial charge is 0.389 e. The fourth-order valence-corrected chi connectivity index (χ4v) is 2.49. The summed E-state index contributed by atoms with van der Waals surface area (Å²) in [5, 5.41) is 14.6. The highest BCUT2D eigenvalue weighted by atomic mass is 35.5. The molecule has 0 aliphatic rings. The molecule has 4 nitrogen and oxygen atoms in total. The summed E-state index contributed by atoms with van der Waals surface area (Å²) in [5.41, 5.74) is -0.845. The Morgan fingerprint density at radius 3 is 2.48 bits per heavy atom. The van der Waals surface area contributed by atoms with E-state index in [1.807, 2.05) is 12.1 Å². The fraction of sp³-hybridized carbons (Fsp3) is 0.158. The highest BCUT2D eigenvalue weighted by Gasteiger charge is 2.33. The van der Waals surface area contributed by atoms with Gasteiger partial charge in [0.05, 0.1) is 11.3 Å². The molecule has 0 saturated carbocycles. The van der Waals surface area contributed by atoms with Crippen LogP contribution in [0.4, 0.5) is 18.9 Å². The molecule has 0 saturated heterocycles. The highest BCUT2D eigenvalue weighted by Crippen LogP contribution is 2.34. The molecule has 0 bridgehead atoms. The first kappa shape index (κ1) is 20.3. The van der Waals surface area contributed by atoms with Crippen LogP contribution in [-0.2, 0) is 17.4 Å². The van der Waals surface area contributed by atoms with Crippen LogP contribution in [-0.4, -0.2) is 12.5 Å². The van der Waals surface area contributed by atoms with Gasteiger partial charge in [-0.25, -0.2) is 0 Å². The van der Waals surface area contributed by atoms with Gasteiger partial charge in [0, 0.05) is 17.8 Å². The van der Waals surface area contributed by atoms with Crippen molar-refractivity contribution < 1.29 is 18.0 Å². The minimum atomic E-state index is -4.62. The van der Waals surface area contributed by atoms with E-state index in [2.05, 4.69) is 10.6 Å². The maximum Gasteiger partial charge on any atom is 0.418 e. The average molecular weight is 394 g/mol. The lowest BCUT2D eigenvalue weighted by Gasteiger charge is -2.13. The van der Waals surface area contributed by atoms with Crippen molar-refractivity contribution in [3.8, 4) is 6.07 Å². The standard InChI is InChI=1S/C19H15ClF3N3O/c20-16-7-3-1-5-13(16)9-10-25-12-14(11-24)18(27)26-17-8-4-2-6-15(17)19(21,22)23/h1-8,12,25H,9-10H2,(H,26,27)/b14-12-. The summed E-state index contributed by atoms with van der Waals surface area (Å²) >= 11 is 6.03. The minimum absolute atomic E-state index is 0.342. The summed E-state index contributed by atoms with van der Waals surface area (Å²) in [4.78, 5) is 12.1. The Balaban J connectivity index is 2.01. The third-order valence-corrected chi connectivity index (χ3v) is 3.96. The first-order valence-electron chi connectivity index (χ1n) is 7.87. The number of benzene rings is 2. The van der Waals surface area contributed by atoms with Crippen molar-refractivity contribution in [2.24, 2.45) is 0 Å². The first-order valence-corrected chi connectivity index (χ1v) is 8.25. The molecule has 0 unspecified atom stereocenters. The number of carbonyl (C=O) groups is 1. The lowest BCUT2D eigenvalue weighted by atomic mass is 10.1. The van der Waals surface area contributed by atoms with E-state index in [-0.39, 0.29) is 5.57 Å². The van der Waals surface area contributed by atoms with Crippen LogP contribution < -0.4 is 10.6 Å². The topological polar surface area (TPSA) is 64.9 Å². The van der Waals surface area contributed by atoms with Crippen LogP contribution in [0.2, 0.25) is 5.02 Å². The Bertz CT molecular complexity index is 888. The van der Waals surface area contributed by atoms with Crippen molar-refractivity contribution >= 4 is 23.2 Å². The van der Waals surface area contributed by atoms with Crippen LogP contribution in [0.15, 0.2) is 60.3 Å². The van der Waals surface area contributed by atoms with E-state index >= 15 is 0 Å². The summed E-state index contributed by atoms with van der Waals surface area (Å²) in [7, 11) is 0. The number of nitrogens with one attached hydrogen (secondary N) is 2. The van der Waals surface area contributed by atoms with Crippen LogP contribution >= 0.6 is 11.6 Å². The van der Waals surface area contributed by atoms with Crippen molar-refractivity contribution in [1.29, 1.82) is 5.26 Å². The normalized spacial score (nSPS) is 11.6. The predicted octanol–water partition coefficient (Wildman–Crippen LogP) is 4.54. The van der Waals surface area contributed by atoms with Crippen LogP contribution in [0.3, 0.4) is 0 Å². The fourth-order valence-electron chi connectivity index (χ4n) is 2.26. The maximum absolute atomic E-state index is 13.0. The van der Waals surface area contributed by atoms with Crippen LogP contribution in [0.1, 0.15) is 11.1 Å². The van der Waals surface area contributed by atoms with E-state index < -0.39 is 23.3 Å². The molecule has 2 rings (SSSR count). The maximum atomic E-state index is 13.0. The Hall–Kier alpha value is -2.98. The molecule has 2 aromatic carbocycles. The molecule has 0 heterocycles. The Morgan fingerprint density at radius 1 is 1.15 bits per heavy atom. The van der Waals surface area contributed by atoms with Crippen molar-refractivity contribution in [2.75, 3.05) is 11.9 Å². The zero-order chi connectivity index (χ0) is 19.9. The molecule has 0 aliphatic heterocycles. The van der Waals surface area contributed by atoms with Gasteiger partial charge in [0.1, 0.15) is 11.6 Å². The SMILES string of the molecule is N#C/C(=C/NCCc1ccccc1Cl)C(=O)Nc1ccccc1C(F)(F)F. The number of nitriles is 1. The number of nitrogens with zero attached hydrogens (tertiary/aromatic N) is 1. The number of alkyl halides is 3. The van der Waals surface area contributed by atoms with Gasteiger partial charge in [-0.05, 0) is 30.2 Å². The molecule has 2 aromatic rings. The summed E-state index contributed by atoms with van der Waals surface area (Å²) < 4.78 is 38.9. The summed E-state index contributed by atoms with van der Waals surface area (Å²) in [6, 6.07) is 13.5. The van der Waals surface area contributed by atoms with Gasteiger partial charge in [0.2, 0.25) is 0 Å². The summed E-state index contributed by atoms with van der Waals surface area (Å²) in [6.45, 7) is 0.390. The van der Waals surface area contributed by atoms with Gasteiger partial charge >= 0.3 is 6.18 Å². The quantitative estimate of drug-likeness (QED) is 0.430. The molecule has 0 aromatic heterocycles. The largest absolute Gasteiger partial charge is 0.418 e. The molecular weight excluding hydrogens is 379 g/mol. The molecule has 0 atom stereocenters. The van der Waals surface area contributed by atoms with Crippen LogP contribution in [0.5, 0.6) is 0 Å². The van der Waals surface area contributed by atoms with E-state index in [1.54, 1.807) is 18.2 Å². The molecule has 0 fully saturated rings. The van der Waals surface area contributed by atoms with Crippen LogP contribution in [0, 0.1) is 11.3 Å². The van der Waals surface area contributed by atoms with Gasteiger partial charge in [-0.15, -0.1) is 0 Å². The molecule has 0 aliphatic carbocycles. The van der Waals surface area contributed by atoms with Crippen LogP contribution in [0.25, 0.3) is 0 Å². The van der Waals surface area contributed by atoms with Crippen molar-refractivity contribution in [3.05, 3.63) is 76.5 Å². The number of hydrogen-bond acceptors (Lipinski definition) is 3. The number of halogens is 4. The minimum Gasteiger partial charge on any atom is -0.389 e. The number of hydrogen-bond donors (Lipinski definition) is 2. The molecule has 0 spiro atoms. The second-order valence-electron chi connectivity index (χ2n) is 5.46. The van der Waals surface area contributed by atoms with Gasteiger partial charge < -0.3 is 10.6 Å². The highest BCUT2D eigenvalue weighted by molar-refractivity contribution is 6.31. The van der Waals surface area contributed by atoms with E-state index in [1.165, 1.54) is 18.3 Å². The van der Waals surface area contributed by atoms with E-state index in [0.29, 0.717) is 18.0 Å². The van der Waals surface area contributed by atoms with Gasteiger partial charge in [0.25, 0.3) is 5.91 Å². The van der Waals surface area contributed by atoms with Gasteiger partial charge in [-0.2, -0.15) is 18.4 Å². The molecule has 27 heavy (non-hydrogen) atoms.